The fourth-order valence-electron chi connectivity index (χ4n) is 1.94. The molecule has 0 spiro atoms. The lowest BCUT2D eigenvalue weighted by atomic mass is 9.92. The summed E-state index contributed by atoms with van der Waals surface area (Å²) in [6.07, 6.45) is 1.92. The first-order valence-electron chi connectivity index (χ1n) is 6.24. The van der Waals surface area contributed by atoms with Gasteiger partial charge < -0.3 is 10.5 Å². The van der Waals surface area contributed by atoms with Crippen LogP contribution in [0.5, 0.6) is 0 Å². The number of aryl methyl sites for hydroxylation is 1. The minimum absolute atomic E-state index is 0.0879. The second-order valence-electron chi connectivity index (χ2n) is 5.40. The molecule has 0 bridgehead atoms. The van der Waals surface area contributed by atoms with Crippen molar-refractivity contribution in [3.8, 4) is 0 Å². The normalized spacial score (nSPS) is 13.8. The molecular weight excluding hydrogens is 210 g/mol. The van der Waals surface area contributed by atoms with Crippen molar-refractivity contribution < 1.29 is 4.74 Å². The molecule has 0 amide bonds. The lowest BCUT2D eigenvalue weighted by Gasteiger charge is -2.25. The quantitative estimate of drug-likeness (QED) is 0.847. The van der Waals surface area contributed by atoms with E-state index >= 15 is 0 Å². The molecule has 0 aliphatic carbocycles. The van der Waals surface area contributed by atoms with Crippen LogP contribution < -0.4 is 5.73 Å². The highest BCUT2D eigenvalue weighted by atomic mass is 16.5. The van der Waals surface area contributed by atoms with Crippen molar-refractivity contribution in [1.82, 2.24) is 0 Å². The maximum absolute atomic E-state index is 6.27. The van der Waals surface area contributed by atoms with E-state index in [-0.39, 0.29) is 11.6 Å². The van der Waals surface area contributed by atoms with E-state index in [4.69, 9.17) is 10.5 Å². The van der Waals surface area contributed by atoms with E-state index in [1.54, 1.807) is 7.11 Å². The zero-order valence-corrected chi connectivity index (χ0v) is 11.7. The van der Waals surface area contributed by atoms with Crippen molar-refractivity contribution in [2.24, 2.45) is 5.73 Å². The molecule has 0 heterocycles. The predicted molar refractivity (Wildman–Crippen MR) is 73.2 cm³/mol. The average molecular weight is 235 g/mol. The van der Waals surface area contributed by atoms with Gasteiger partial charge in [-0.15, -0.1) is 0 Å². The molecule has 0 aliphatic heterocycles. The highest BCUT2D eigenvalue weighted by Crippen LogP contribution is 2.25. The molecule has 1 rings (SSSR count). The lowest BCUT2D eigenvalue weighted by molar-refractivity contribution is 0.0125. The Morgan fingerprint density at radius 1 is 1.29 bits per heavy atom. The van der Waals surface area contributed by atoms with Crippen molar-refractivity contribution in [2.75, 3.05) is 7.11 Å². The Kier molecular flexibility index (Phi) is 4.72. The van der Waals surface area contributed by atoms with E-state index in [1.807, 2.05) is 0 Å². The number of methoxy groups -OCH3 is 1. The second-order valence-corrected chi connectivity index (χ2v) is 5.40. The van der Waals surface area contributed by atoms with E-state index in [0.717, 1.165) is 12.8 Å². The van der Waals surface area contributed by atoms with Crippen molar-refractivity contribution in [3.05, 3.63) is 34.9 Å². The fraction of sp³-hybridized carbons (Fsp3) is 0.600. The molecule has 1 atom stereocenters. The van der Waals surface area contributed by atoms with E-state index in [2.05, 4.69) is 45.9 Å². The summed E-state index contributed by atoms with van der Waals surface area (Å²) in [6, 6.07) is 6.44. The number of hydrogen-bond donors (Lipinski definition) is 1. The smallest absolute Gasteiger partial charge is 0.0623 e. The summed E-state index contributed by atoms with van der Waals surface area (Å²) < 4.78 is 5.42. The summed E-state index contributed by atoms with van der Waals surface area (Å²) in [5, 5.41) is 0. The molecule has 1 unspecified atom stereocenters. The van der Waals surface area contributed by atoms with Gasteiger partial charge in [0.2, 0.25) is 0 Å². The summed E-state index contributed by atoms with van der Waals surface area (Å²) in [7, 11) is 1.75. The molecule has 1 aromatic rings. The number of rotatable bonds is 5. The summed E-state index contributed by atoms with van der Waals surface area (Å²) in [6.45, 7) is 8.47. The van der Waals surface area contributed by atoms with Gasteiger partial charge in [0.1, 0.15) is 0 Å². The van der Waals surface area contributed by atoms with Crippen LogP contribution in [0, 0.1) is 13.8 Å². The molecule has 2 nitrogen and oxygen atoms in total. The summed E-state index contributed by atoms with van der Waals surface area (Å²) >= 11 is 0. The molecule has 17 heavy (non-hydrogen) atoms. The lowest BCUT2D eigenvalue weighted by Crippen LogP contribution is -2.25. The standard InChI is InChI=1S/C15H25NO/c1-11-7-6-8-13(12(11)2)14(16)9-10-15(3,4)17-5/h6-8,14H,9-10,16H2,1-5H3. The van der Waals surface area contributed by atoms with E-state index in [1.165, 1.54) is 16.7 Å². The number of benzene rings is 1. The van der Waals surface area contributed by atoms with Crippen LogP contribution in [0.15, 0.2) is 18.2 Å². The minimum atomic E-state index is -0.0879. The van der Waals surface area contributed by atoms with Crippen LogP contribution in [0.25, 0.3) is 0 Å². The predicted octanol–water partition coefficient (Wildman–Crippen LogP) is 3.51. The zero-order chi connectivity index (χ0) is 13.1. The number of ether oxygens (including phenoxy) is 1. The maximum Gasteiger partial charge on any atom is 0.0623 e. The van der Waals surface area contributed by atoms with Gasteiger partial charge in [-0.2, -0.15) is 0 Å². The van der Waals surface area contributed by atoms with Gasteiger partial charge in [0.15, 0.2) is 0 Å². The Balaban J connectivity index is 2.71. The molecule has 2 N–H and O–H groups in total. The van der Waals surface area contributed by atoms with E-state index < -0.39 is 0 Å². The van der Waals surface area contributed by atoms with Gasteiger partial charge >= 0.3 is 0 Å². The topological polar surface area (TPSA) is 35.2 Å². The van der Waals surface area contributed by atoms with Crippen LogP contribution in [0.2, 0.25) is 0 Å². The maximum atomic E-state index is 6.27. The molecule has 0 saturated carbocycles. The first-order valence-corrected chi connectivity index (χ1v) is 6.24. The van der Waals surface area contributed by atoms with Gasteiger partial charge in [0, 0.05) is 13.2 Å². The van der Waals surface area contributed by atoms with Crippen LogP contribution in [0.4, 0.5) is 0 Å². The molecular formula is C15H25NO. The molecule has 0 aromatic heterocycles. The Bertz CT molecular complexity index is 371. The molecule has 0 saturated heterocycles. The van der Waals surface area contributed by atoms with E-state index in [9.17, 15) is 0 Å². The van der Waals surface area contributed by atoms with Crippen LogP contribution >= 0.6 is 0 Å². The van der Waals surface area contributed by atoms with Gasteiger partial charge in [0.05, 0.1) is 5.60 Å². The molecule has 0 aliphatic rings. The number of nitrogens with two attached hydrogens (primary N) is 1. The Morgan fingerprint density at radius 2 is 1.94 bits per heavy atom. The van der Waals surface area contributed by atoms with Gasteiger partial charge in [0.25, 0.3) is 0 Å². The first-order chi connectivity index (χ1) is 7.87. The monoisotopic (exact) mass is 235 g/mol. The fourth-order valence-corrected chi connectivity index (χ4v) is 1.94. The Hall–Kier alpha value is -0.860. The molecule has 96 valence electrons. The van der Waals surface area contributed by atoms with Gasteiger partial charge in [-0.25, -0.2) is 0 Å². The second kappa shape index (κ2) is 5.65. The van der Waals surface area contributed by atoms with Crippen LogP contribution in [-0.4, -0.2) is 12.7 Å². The van der Waals surface area contributed by atoms with Crippen molar-refractivity contribution >= 4 is 0 Å². The van der Waals surface area contributed by atoms with E-state index in [0.29, 0.717) is 0 Å². The van der Waals surface area contributed by atoms with Crippen molar-refractivity contribution in [3.63, 3.8) is 0 Å². The van der Waals surface area contributed by atoms with Crippen molar-refractivity contribution in [1.29, 1.82) is 0 Å². The van der Waals surface area contributed by atoms with Crippen LogP contribution in [-0.2, 0) is 4.74 Å². The molecule has 2 heteroatoms. The molecule has 0 fully saturated rings. The van der Waals surface area contributed by atoms with Gasteiger partial charge in [-0.1, -0.05) is 18.2 Å². The number of hydrogen-bond acceptors (Lipinski definition) is 2. The average Bonchev–Trinajstić information content (AvgIpc) is 2.30. The van der Waals surface area contributed by atoms with Crippen LogP contribution in [0.1, 0.15) is 49.4 Å². The Labute approximate surface area is 105 Å². The summed E-state index contributed by atoms with van der Waals surface area (Å²) in [5.74, 6) is 0. The SMILES string of the molecule is COC(C)(C)CCC(N)c1cccc(C)c1C. The summed E-state index contributed by atoms with van der Waals surface area (Å²) in [4.78, 5) is 0. The highest BCUT2D eigenvalue weighted by Gasteiger charge is 2.19. The van der Waals surface area contributed by atoms with Crippen LogP contribution in [0.3, 0.4) is 0 Å². The zero-order valence-electron chi connectivity index (χ0n) is 11.7. The third-order valence-corrected chi connectivity index (χ3v) is 3.66. The molecule has 0 radical (unpaired) electrons. The largest absolute Gasteiger partial charge is 0.379 e. The Morgan fingerprint density at radius 3 is 2.53 bits per heavy atom. The highest BCUT2D eigenvalue weighted by molar-refractivity contribution is 5.35. The first kappa shape index (κ1) is 14.2. The minimum Gasteiger partial charge on any atom is -0.379 e. The summed E-state index contributed by atoms with van der Waals surface area (Å²) in [5.41, 5.74) is 10.1. The van der Waals surface area contributed by atoms with Gasteiger partial charge in [-0.05, 0) is 57.2 Å². The third-order valence-electron chi connectivity index (χ3n) is 3.66. The van der Waals surface area contributed by atoms with Crippen molar-refractivity contribution in [2.45, 2.75) is 52.2 Å². The third kappa shape index (κ3) is 3.83. The molecule has 1 aromatic carbocycles. The van der Waals surface area contributed by atoms with Gasteiger partial charge in [-0.3, -0.25) is 0 Å².